The summed E-state index contributed by atoms with van der Waals surface area (Å²) in [5, 5.41) is 10.5. The third-order valence-electron chi connectivity index (χ3n) is 1.78. The largest absolute Gasteiger partial charge is 0.388 e. The molecule has 0 saturated heterocycles. The molecule has 2 rings (SSSR count). The van der Waals surface area contributed by atoms with Crippen LogP contribution in [0.3, 0.4) is 0 Å². The summed E-state index contributed by atoms with van der Waals surface area (Å²) in [5.41, 5.74) is 0.849. The highest BCUT2D eigenvalue weighted by Crippen LogP contribution is 2.29. The molecule has 0 spiro atoms. The van der Waals surface area contributed by atoms with E-state index in [2.05, 4.69) is 9.36 Å². The first kappa shape index (κ1) is 10.8. The van der Waals surface area contributed by atoms with E-state index in [1.54, 1.807) is 12.1 Å². The van der Waals surface area contributed by atoms with E-state index in [9.17, 15) is 0 Å². The van der Waals surface area contributed by atoms with Crippen molar-refractivity contribution in [1.29, 1.82) is 0 Å². The van der Waals surface area contributed by atoms with E-state index in [0.29, 0.717) is 15.9 Å². The van der Waals surface area contributed by atoms with Crippen molar-refractivity contribution in [3.05, 3.63) is 34.1 Å². The monoisotopic (exact) mass is 260 g/mol. The third-order valence-corrected chi connectivity index (χ3v) is 3.32. The van der Waals surface area contributed by atoms with Gasteiger partial charge in [0, 0.05) is 5.56 Å². The molecule has 0 saturated carbocycles. The van der Waals surface area contributed by atoms with Gasteiger partial charge in [0.15, 0.2) is 5.82 Å². The standard InChI is InChI=1S/C9H6Cl2N2OS/c10-6-2-1-5(3-7(6)11)9-12-8(4-14)13-15-9/h1-3,14H,4H2. The molecule has 0 aliphatic heterocycles. The summed E-state index contributed by atoms with van der Waals surface area (Å²) in [4.78, 5) is 4.13. The van der Waals surface area contributed by atoms with Gasteiger partial charge in [-0.15, -0.1) is 0 Å². The molecule has 0 amide bonds. The van der Waals surface area contributed by atoms with Gasteiger partial charge in [0.05, 0.1) is 10.0 Å². The van der Waals surface area contributed by atoms with Crippen LogP contribution in [0.15, 0.2) is 18.2 Å². The van der Waals surface area contributed by atoms with Gasteiger partial charge in [0.2, 0.25) is 0 Å². The van der Waals surface area contributed by atoms with E-state index < -0.39 is 0 Å². The second-order valence-corrected chi connectivity index (χ2v) is 4.37. The first-order chi connectivity index (χ1) is 7.20. The number of aliphatic hydroxyl groups excluding tert-OH is 1. The highest BCUT2D eigenvalue weighted by Gasteiger charge is 2.07. The van der Waals surface area contributed by atoms with Crippen molar-refractivity contribution in [1.82, 2.24) is 9.36 Å². The molecule has 15 heavy (non-hydrogen) atoms. The summed E-state index contributed by atoms with van der Waals surface area (Å²) in [6.07, 6.45) is 0. The van der Waals surface area contributed by atoms with Crippen molar-refractivity contribution in [3.8, 4) is 10.6 Å². The smallest absolute Gasteiger partial charge is 0.168 e. The molecule has 3 nitrogen and oxygen atoms in total. The van der Waals surface area contributed by atoms with Gasteiger partial charge in [0.25, 0.3) is 0 Å². The maximum absolute atomic E-state index is 8.83. The van der Waals surface area contributed by atoms with E-state index >= 15 is 0 Å². The second kappa shape index (κ2) is 4.45. The zero-order valence-corrected chi connectivity index (χ0v) is 9.77. The SMILES string of the molecule is OCc1nsc(-c2ccc(Cl)c(Cl)c2)n1. The van der Waals surface area contributed by atoms with E-state index in [0.717, 1.165) is 10.6 Å². The molecule has 78 valence electrons. The summed E-state index contributed by atoms with van der Waals surface area (Å²) in [6, 6.07) is 5.25. The normalized spacial score (nSPS) is 10.6. The van der Waals surface area contributed by atoms with Crippen molar-refractivity contribution in [3.63, 3.8) is 0 Å². The Labute approximate surface area is 100 Å². The average Bonchev–Trinajstić information content (AvgIpc) is 2.70. The van der Waals surface area contributed by atoms with Crippen LogP contribution in [0.1, 0.15) is 5.82 Å². The second-order valence-electron chi connectivity index (χ2n) is 2.80. The van der Waals surface area contributed by atoms with Crippen molar-refractivity contribution < 1.29 is 5.11 Å². The molecule has 0 bridgehead atoms. The Morgan fingerprint density at radius 3 is 2.67 bits per heavy atom. The van der Waals surface area contributed by atoms with Gasteiger partial charge in [-0.3, -0.25) is 0 Å². The molecule has 0 fully saturated rings. The Balaban J connectivity index is 2.40. The Kier molecular flexibility index (Phi) is 3.21. The molecular weight excluding hydrogens is 255 g/mol. The fraction of sp³-hybridized carbons (Fsp3) is 0.111. The summed E-state index contributed by atoms with van der Waals surface area (Å²) in [6.45, 7) is -0.155. The zero-order chi connectivity index (χ0) is 10.8. The number of hydrogen-bond donors (Lipinski definition) is 1. The number of benzene rings is 1. The molecule has 0 aliphatic rings. The van der Waals surface area contributed by atoms with Crippen LogP contribution in [0.25, 0.3) is 10.6 Å². The predicted octanol–water partition coefficient (Wildman–Crippen LogP) is 3.00. The quantitative estimate of drug-likeness (QED) is 0.903. The minimum atomic E-state index is -0.155. The van der Waals surface area contributed by atoms with Gasteiger partial charge in [0.1, 0.15) is 11.6 Å². The molecule has 1 N–H and O–H groups in total. The maximum atomic E-state index is 8.83. The molecule has 2 aromatic rings. The minimum Gasteiger partial charge on any atom is -0.388 e. The Morgan fingerprint density at radius 2 is 2.07 bits per heavy atom. The molecule has 1 aromatic heterocycles. The number of aliphatic hydroxyl groups is 1. The van der Waals surface area contributed by atoms with Gasteiger partial charge in [-0.1, -0.05) is 29.3 Å². The van der Waals surface area contributed by atoms with Crippen LogP contribution in [0.2, 0.25) is 10.0 Å². The number of aromatic nitrogens is 2. The van der Waals surface area contributed by atoms with E-state index in [-0.39, 0.29) is 6.61 Å². The fourth-order valence-electron chi connectivity index (χ4n) is 1.06. The van der Waals surface area contributed by atoms with Gasteiger partial charge in [-0.2, -0.15) is 4.37 Å². The lowest BCUT2D eigenvalue weighted by Gasteiger charge is -1.98. The first-order valence-corrected chi connectivity index (χ1v) is 5.62. The number of rotatable bonds is 2. The number of nitrogens with zero attached hydrogens (tertiary/aromatic N) is 2. The molecule has 0 aliphatic carbocycles. The van der Waals surface area contributed by atoms with Gasteiger partial charge in [-0.05, 0) is 23.7 Å². The fourth-order valence-corrected chi connectivity index (χ4v) is 2.03. The van der Waals surface area contributed by atoms with Gasteiger partial charge in [-0.25, -0.2) is 4.98 Å². The van der Waals surface area contributed by atoms with Crippen LogP contribution in [-0.2, 0) is 6.61 Å². The van der Waals surface area contributed by atoms with Gasteiger partial charge < -0.3 is 5.11 Å². The summed E-state index contributed by atoms with van der Waals surface area (Å²) >= 11 is 12.9. The predicted molar refractivity (Wildman–Crippen MR) is 61.3 cm³/mol. The lowest BCUT2D eigenvalue weighted by atomic mass is 10.2. The Morgan fingerprint density at radius 1 is 1.27 bits per heavy atom. The van der Waals surface area contributed by atoms with Crippen LogP contribution < -0.4 is 0 Å². The molecule has 1 heterocycles. The van der Waals surface area contributed by atoms with Crippen LogP contribution in [-0.4, -0.2) is 14.5 Å². The van der Waals surface area contributed by atoms with Crippen LogP contribution >= 0.6 is 34.7 Å². The van der Waals surface area contributed by atoms with Crippen LogP contribution in [0, 0.1) is 0 Å². The maximum Gasteiger partial charge on any atom is 0.168 e. The lowest BCUT2D eigenvalue weighted by Crippen LogP contribution is -1.85. The zero-order valence-electron chi connectivity index (χ0n) is 7.44. The van der Waals surface area contributed by atoms with Crippen LogP contribution in [0.4, 0.5) is 0 Å². The topological polar surface area (TPSA) is 46.0 Å². The van der Waals surface area contributed by atoms with E-state index in [1.807, 2.05) is 6.07 Å². The number of halogens is 2. The highest BCUT2D eigenvalue weighted by molar-refractivity contribution is 7.09. The third kappa shape index (κ3) is 2.29. The molecule has 0 radical (unpaired) electrons. The molecule has 0 unspecified atom stereocenters. The summed E-state index contributed by atoms with van der Waals surface area (Å²) in [5.74, 6) is 0.418. The molecule has 6 heteroatoms. The highest BCUT2D eigenvalue weighted by atomic mass is 35.5. The van der Waals surface area contributed by atoms with Crippen molar-refractivity contribution in [2.75, 3.05) is 0 Å². The first-order valence-electron chi connectivity index (χ1n) is 4.09. The van der Waals surface area contributed by atoms with E-state index in [1.165, 1.54) is 11.5 Å². The molecule has 0 atom stereocenters. The Hall–Kier alpha value is -0.680. The lowest BCUT2D eigenvalue weighted by molar-refractivity contribution is 0.273. The van der Waals surface area contributed by atoms with E-state index in [4.69, 9.17) is 28.3 Å². The van der Waals surface area contributed by atoms with Gasteiger partial charge >= 0.3 is 0 Å². The Bertz CT molecular complexity index is 487. The van der Waals surface area contributed by atoms with Crippen molar-refractivity contribution in [2.24, 2.45) is 0 Å². The number of hydrogen-bond acceptors (Lipinski definition) is 4. The van der Waals surface area contributed by atoms with Crippen molar-refractivity contribution in [2.45, 2.75) is 6.61 Å². The molecular formula is C9H6Cl2N2OS. The average molecular weight is 261 g/mol. The van der Waals surface area contributed by atoms with Crippen LogP contribution in [0.5, 0.6) is 0 Å². The molecule has 1 aromatic carbocycles. The van der Waals surface area contributed by atoms with Crippen molar-refractivity contribution >= 4 is 34.7 Å². The summed E-state index contributed by atoms with van der Waals surface area (Å²) < 4.78 is 3.97. The minimum absolute atomic E-state index is 0.155. The summed E-state index contributed by atoms with van der Waals surface area (Å²) in [7, 11) is 0.